The van der Waals surface area contributed by atoms with Crippen molar-refractivity contribution in [1.29, 1.82) is 0 Å². The normalized spacial score (nSPS) is 45.8. The lowest BCUT2D eigenvalue weighted by Crippen LogP contribution is -2.37. The minimum atomic E-state index is 0.0603. The highest BCUT2D eigenvalue weighted by atomic mass is 16.7. The van der Waals surface area contributed by atoms with E-state index in [0.29, 0.717) is 6.04 Å². The zero-order valence-electron chi connectivity index (χ0n) is 8.26. The smallest absolute Gasteiger partial charge is 0.0884 e. The summed E-state index contributed by atoms with van der Waals surface area (Å²) in [4.78, 5) is 5.59. The Balaban J connectivity index is 2.08. The largest absolute Gasteiger partial charge is 0.295 e. The van der Waals surface area contributed by atoms with Crippen LogP contribution in [0, 0.1) is 11.8 Å². The molecule has 1 aliphatic carbocycles. The first kappa shape index (κ1) is 8.52. The van der Waals surface area contributed by atoms with E-state index in [0.717, 1.165) is 11.8 Å². The van der Waals surface area contributed by atoms with Crippen LogP contribution in [0.5, 0.6) is 0 Å². The van der Waals surface area contributed by atoms with Crippen LogP contribution in [0.15, 0.2) is 0 Å². The highest BCUT2D eigenvalue weighted by Crippen LogP contribution is 2.40. The van der Waals surface area contributed by atoms with Gasteiger partial charge in [-0.25, -0.2) is 0 Å². The van der Waals surface area contributed by atoms with Crippen LogP contribution in [0.1, 0.15) is 40.0 Å². The van der Waals surface area contributed by atoms with E-state index >= 15 is 0 Å². The van der Waals surface area contributed by atoms with Crippen LogP contribution in [-0.4, -0.2) is 11.6 Å². The minimum absolute atomic E-state index is 0.0603. The maximum Gasteiger partial charge on any atom is 0.0884 e. The van der Waals surface area contributed by atoms with Crippen LogP contribution >= 0.6 is 0 Å². The quantitative estimate of drug-likeness (QED) is 0.599. The van der Waals surface area contributed by atoms with Crippen molar-refractivity contribution in [2.75, 3.05) is 0 Å². The fraction of sp³-hybridized carbons (Fsp3) is 1.00. The Morgan fingerprint density at radius 2 is 2.08 bits per heavy atom. The summed E-state index contributed by atoms with van der Waals surface area (Å²) in [6, 6.07) is 0.615. The molecule has 0 bridgehead atoms. The number of hydroxylamine groups is 1. The molecule has 2 fully saturated rings. The molecule has 2 heteroatoms. The van der Waals surface area contributed by atoms with E-state index in [2.05, 4.69) is 26.3 Å². The molecule has 0 spiro atoms. The van der Waals surface area contributed by atoms with Crippen molar-refractivity contribution in [3.05, 3.63) is 0 Å². The van der Waals surface area contributed by atoms with Crippen LogP contribution in [0.4, 0.5) is 0 Å². The molecule has 70 valence electrons. The molecule has 1 saturated carbocycles. The molecule has 3 atom stereocenters. The second-order valence-corrected chi connectivity index (χ2v) is 4.95. The average molecular weight is 169 g/mol. The third-order valence-electron chi connectivity index (χ3n) is 3.48. The fourth-order valence-corrected chi connectivity index (χ4v) is 2.65. The molecule has 3 unspecified atom stereocenters. The van der Waals surface area contributed by atoms with Gasteiger partial charge in [0, 0.05) is 12.0 Å². The monoisotopic (exact) mass is 169 g/mol. The first-order chi connectivity index (χ1) is 5.59. The Bertz CT molecular complexity index is 179. The Morgan fingerprint density at radius 1 is 1.33 bits per heavy atom. The van der Waals surface area contributed by atoms with Crippen LogP contribution in [0.2, 0.25) is 0 Å². The highest BCUT2D eigenvalue weighted by molar-refractivity contribution is 4.95. The third-order valence-corrected chi connectivity index (χ3v) is 3.48. The number of hydrogen-bond donors (Lipinski definition) is 1. The van der Waals surface area contributed by atoms with Gasteiger partial charge in [-0.15, -0.1) is 0 Å². The molecule has 2 rings (SSSR count). The molecular weight excluding hydrogens is 150 g/mol. The van der Waals surface area contributed by atoms with E-state index in [1.165, 1.54) is 19.3 Å². The molecule has 0 aromatic rings. The van der Waals surface area contributed by atoms with Gasteiger partial charge >= 0.3 is 0 Å². The van der Waals surface area contributed by atoms with Gasteiger partial charge in [0.25, 0.3) is 0 Å². The minimum Gasteiger partial charge on any atom is -0.295 e. The molecule has 1 aliphatic heterocycles. The summed E-state index contributed by atoms with van der Waals surface area (Å²) >= 11 is 0. The van der Waals surface area contributed by atoms with E-state index < -0.39 is 0 Å². The molecular formula is C10H19NO. The van der Waals surface area contributed by atoms with E-state index in [9.17, 15) is 0 Å². The second-order valence-electron chi connectivity index (χ2n) is 4.95. The van der Waals surface area contributed by atoms with Gasteiger partial charge in [0.15, 0.2) is 0 Å². The summed E-state index contributed by atoms with van der Waals surface area (Å²) in [5.74, 6) is 1.60. The maximum atomic E-state index is 5.59. The summed E-state index contributed by atoms with van der Waals surface area (Å²) in [6.07, 6.45) is 3.98. The van der Waals surface area contributed by atoms with Crippen molar-refractivity contribution in [1.82, 2.24) is 5.48 Å². The molecule has 12 heavy (non-hydrogen) atoms. The average Bonchev–Trinajstić information content (AvgIpc) is 2.27. The summed E-state index contributed by atoms with van der Waals surface area (Å²) in [6.45, 7) is 6.73. The number of hydrogen-bond acceptors (Lipinski definition) is 2. The molecule has 0 aromatic carbocycles. The lowest BCUT2D eigenvalue weighted by molar-refractivity contribution is -0.0446. The zero-order chi connectivity index (χ0) is 8.77. The van der Waals surface area contributed by atoms with Gasteiger partial charge in [-0.05, 0) is 32.6 Å². The first-order valence-corrected chi connectivity index (χ1v) is 5.03. The van der Waals surface area contributed by atoms with Crippen LogP contribution in [0.25, 0.3) is 0 Å². The standard InChI is InChI=1S/C10H19NO/c1-7-4-5-8-9(6-7)11-12-10(8,2)3/h7-9,11H,4-6H2,1-3H3. The van der Waals surface area contributed by atoms with Crippen molar-refractivity contribution in [3.8, 4) is 0 Å². The second kappa shape index (κ2) is 2.71. The van der Waals surface area contributed by atoms with E-state index in [-0.39, 0.29) is 5.60 Å². The van der Waals surface area contributed by atoms with Gasteiger partial charge in [0.2, 0.25) is 0 Å². The molecule has 1 N–H and O–H groups in total. The molecule has 2 nitrogen and oxygen atoms in total. The van der Waals surface area contributed by atoms with Gasteiger partial charge in [-0.1, -0.05) is 13.3 Å². The number of nitrogens with one attached hydrogen (secondary N) is 1. The Kier molecular flexibility index (Phi) is 1.92. The van der Waals surface area contributed by atoms with E-state index in [4.69, 9.17) is 4.84 Å². The molecule has 1 saturated heterocycles. The summed E-state index contributed by atoms with van der Waals surface area (Å²) < 4.78 is 0. The molecule has 0 radical (unpaired) electrons. The topological polar surface area (TPSA) is 21.3 Å². The van der Waals surface area contributed by atoms with Crippen molar-refractivity contribution in [2.24, 2.45) is 11.8 Å². The van der Waals surface area contributed by atoms with Crippen molar-refractivity contribution in [2.45, 2.75) is 51.7 Å². The Hall–Kier alpha value is -0.0800. The predicted octanol–water partition coefficient (Wildman–Crippen LogP) is 2.10. The summed E-state index contributed by atoms with van der Waals surface area (Å²) in [7, 11) is 0. The lowest BCUT2D eigenvalue weighted by atomic mass is 9.73. The van der Waals surface area contributed by atoms with Gasteiger partial charge in [-0.2, -0.15) is 5.48 Å². The van der Waals surface area contributed by atoms with Gasteiger partial charge in [0.1, 0.15) is 0 Å². The van der Waals surface area contributed by atoms with Crippen molar-refractivity contribution < 1.29 is 4.84 Å². The number of rotatable bonds is 0. The lowest BCUT2D eigenvalue weighted by Gasteiger charge is -2.33. The molecule has 0 amide bonds. The van der Waals surface area contributed by atoms with Crippen molar-refractivity contribution >= 4 is 0 Å². The molecule has 2 aliphatic rings. The van der Waals surface area contributed by atoms with E-state index in [1.54, 1.807) is 0 Å². The fourth-order valence-electron chi connectivity index (χ4n) is 2.65. The molecule has 0 aromatic heterocycles. The Morgan fingerprint density at radius 3 is 2.83 bits per heavy atom. The Labute approximate surface area is 74.6 Å². The summed E-state index contributed by atoms with van der Waals surface area (Å²) in [5.41, 5.74) is 3.24. The highest BCUT2D eigenvalue weighted by Gasteiger charge is 2.45. The van der Waals surface area contributed by atoms with Crippen LogP contribution < -0.4 is 5.48 Å². The van der Waals surface area contributed by atoms with E-state index in [1.807, 2.05) is 0 Å². The predicted molar refractivity (Wildman–Crippen MR) is 48.6 cm³/mol. The third kappa shape index (κ3) is 1.27. The zero-order valence-corrected chi connectivity index (χ0v) is 8.26. The van der Waals surface area contributed by atoms with Gasteiger partial charge in [0.05, 0.1) is 5.60 Å². The summed E-state index contributed by atoms with van der Waals surface area (Å²) in [5, 5.41) is 0. The van der Waals surface area contributed by atoms with Crippen molar-refractivity contribution in [3.63, 3.8) is 0 Å². The number of fused-ring (bicyclic) bond motifs is 1. The van der Waals surface area contributed by atoms with Crippen LogP contribution in [0.3, 0.4) is 0 Å². The van der Waals surface area contributed by atoms with Crippen LogP contribution in [-0.2, 0) is 4.84 Å². The van der Waals surface area contributed by atoms with Gasteiger partial charge < -0.3 is 0 Å². The SMILES string of the molecule is CC1CCC2C(C1)NOC2(C)C. The first-order valence-electron chi connectivity index (χ1n) is 5.03. The van der Waals surface area contributed by atoms with Gasteiger partial charge in [-0.3, -0.25) is 4.84 Å². The maximum absolute atomic E-state index is 5.59. The molecule has 1 heterocycles.